The number of carbonyl (C=O) groups excluding carboxylic acids is 2. The Morgan fingerprint density at radius 3 is 2.62 bits per heavy atom. The first-order valence-corrected chi connectivity index (χ1v) is 11.2. The SMILES string of the molecule is N#Cc1ccc(N2C(=O)C(O)=C(C(=O)c3cc4cc(Br)ccc4o3)C2c2cccs2)cc1. The van der Waals surface area contributed by atoms with Crippen molar-refractivity contribution >= 4 is 55.6 Å². The third-order valence-electron chi connectivity index (χ3n) is 5.24. The summed E-state index contributed by atoms with van der Waals surface area (Å²) in [5.74, 6) is -1.82. The lowest BCUT2D eigenvalue weighted by atomic mass is 10.00. The van der Waals surface area contributed by atoms with Gasteiger partial charge in [0.2, 0.25) is 5.78 Å². The molecule has 1 aliphatic rings. The molecular formula is C24H13BrN2O4S. The average molecular weight is 505 g/mol. The van der Waals surface area contributed by atoms with E-state index in [-0.39, 0.29) is 11.3 Å². The van der Waals surface area contributed by atoms with E-state index in [1.165, 1.54) is 16.2 Å². The summed E-state index contributed by atoms with van der Waals surface area (Å²) in [5, 5.41) is 22.4. The predicted molar refractivity (Wildman–Crippen MR) is 124 cm³/mol. The quantitative estimate of drug-likeness (QED) is 0.348. The van der Waals surface area contributed by atoms with Crippen LogP contribution in [-0.2, 0) is 4.79 Å². The maximum absolute atomic E-state index is 13.5. The molecule has 2 aromatic carbocycles. The molecular weight excluding hydrogens is 492 g/mol. The van der Waals surface area contributed by atoms with Crippen molar-refractivity contribution in [2.45, 2.75) is 6.04 Å². The van der Waals surface area contributed by atoms with E-state index < -0.39 is 23.5 Å². The number of carbonyl (C=O) groups is 2. The number of nitriles is 1. The molecule has 1 N–H and O–H groups in total. The molecule has 1 atom stereocenters. The number of rotatable bonds is 4. The number of hydrogen-bond donors (Lipinski definition) is 1. The largest absolute Gasteiger partial charge is 0.503 e. The van der Waals surface area contributed by atoms with Crippen LogP contribution in [0.3, 0.4) is 0 Å². The minimum Gasteiger partial charge on any atom is -0.503 e. The molecule has 156 valence electrons. The molecule has 6 nitrogen and oxygen atoms in total. The molecule has 1 unspecified atom stereocenters. The van der Waals surface area contributed by atoms with Crippen molar-refractivity contribution in [3.63, 3.8) is 0 Å². The van der Waals surface area contributed by atoms with Gasteiger partial charge in [-0.05, 0) is 60.0 Å². The number of nitrogens with zero attached hydrogens (tertiary/aromatic N) is 2. The van der Waals surface area contributed by atoms with E-state index in [0.29, 0.717) is 21.7 Å². The van der Waals surface area contributed by atoms with Crippen molar-refractivity contribution in [1.29, 1.82) is 5.26 Å². The molecule has 2 aromatic heterocycles. The third kappa shape index (κ3) is 3.23. The van der Waals surface area contributed by atoms with Crippen LogP contribution >= 0.6 is 27.3 Å². The maximum Gasteiger partial charge on any atom is 0.294 e. The molecule has 0 bridgehead atoms. The second-order valence-corrected chi connectivity index (χ2v) is 9.03. The van der Waals surface area contributed by atoms with Gasteiger partial charge in [-0.3, -0.25) is 14.5 Å². The van der Waals surface area contributed by atoms with Gasteiger partial charge in [-0.2, -0.15) is 5.26 Å². The van der Waals surface area contributed by atoms with Crippen molar-refractivity contribution in [1.82, 2.24) is 0 Å². The molecule has 4 aromatic rings. The lowest BCUT2D eigenvalue weighted by molar-refractivity contribution is -0.117. The summed E-state index contributed by atoms with van der Waals surface area (Å²) in [5.41, 5.74) is 1.39. The van der Waals surface area contributed by atoms with Crippen LogP contribution in [0.4, 0.5) is 5.69 Å². The number of thiophene rings is 1. The van der Waals surface area contributed by atoms with Gasteiger partial charge in [-0.25, -0.2) is 0 Å². The van der Waals surface area contributed by atoms with Crippen LogP contribution in [0.5, 0.6) is 0 Å². The highest BCUT2D eigenvalue weighted by atomic mass is 79.9. The summed E-state index contributed by atoms with van der Waals surface area (Å²) in [6.45, 7) is 0. The Balaban J connectivity index is 1.62. The number of ketones is 1. The second-order valence-electron chi connectivity index (χ2n) is 7.14. The maximum atomic E-state index is 13.5. The van der Waals surface area contributed by atoms with Crippen molar-refractivity contribution in [2.24, 2.45) is 0 Å². The molecule has 0 saturated carbocycles. The lowest BCUT2D eigenvalue weighted by Crippen LogP contribution is -2.30. The van der Waals surface area contributed by atoms with E-state index in [2.05, 4.69) is 15.9 Å². The van der Waals surface area contributed by atoms with E-state index in [1.54, 1.807) is 48.5 Å². The van der Waals surface area contributed by atoms with Crippen LogP contribution in [0.2, 0.25) is 0 Å². The zero-order valence-corrected chi connectivity index (χ0v) is 18.7. The Morgan fingerprint density at radius 2 is 1.94 bits per heavy atom. The highest BCUT2D eigenvalue weighted by Gasteiger charge is 2.45. The van der Waals surface area contributed by atoms with Crippen molar-refractivity contribution in [3.8, 4) is 6.07 Å². The molecule has 0 saturated heterocycles. The Kier molecular flexibility index (Phi) is 4.93. The van der Waals surface area contributed by atoms with Gasteiger partial charge in [0.15, 0.2) is 11.5 Å². The standard InChI is InChI=1S/C24H13BrN2O4S/c25-15-5-8-17-14(10-15)11-18(31-17)22(28)20-21(19-2-1-9-32-19)27(24(30)23(20)29)16-6-3-13(12-26)4-7-16/h1-11,21,29H. The van der Waals surface area contributed by atoms with Gasteiger partial charge in [0.05, 0.1) is 17.2 Å². The minimum atomic E-state index is -0.817. The highest BCUT2D eigenvalue weighted by molar-refractivity contribution is 9.10. The van der Waals surface area contributed by atoms with Gasteiger partial charge in [0.1, 0.15) is 11.6 Å². The number of furan rings is 1. The first-order chi connectivity index (χ1) is 15.5. The van der Waals surface area contributed by atoms with Gasteiger partial charge >= 0.3 is 0 Å². The number of benzene rings is 2. The number of aliphatic hydroxyl groups excluding tert-OH is 1. The number of amides is 1. The molecule has 3 heterocycles. The fraction of sp³-hybridized carbons (Fsp3) is 0.0417. The summed E-state index contributed by atoms with van der Waals surface area (Å²) in [4.78, 5) is 28.7. The van der Waals surface area contributed by atoms with E-state index >= 15 is 0 Å². The van der Waals surface area contributed by atoms with Crippen molar-refractivity contribution < 1.29 is 19.1 Å². The van der Waals surface area contributed by atoms with E-state index in [0.717, 1.165) is 9.86 Å². The summed E-state index contributed by atoms with van der Waals surface area (Å²) in [7, 11) is 0. The smallest absolute Gasteiger partial charge is 0.294 e. The van der Waals surface area contributed by atoms with Crippen LogP contribution in [-0.4, -0.2) is 16.8 Å². The zero-order valence-electron chi connectivity index (χ0n) is 16.3. The van der Waals surface area contributed by atoms with Gasteiger partial charge in [0.25, 0.3) is 5.91 Å². The normalized spacial score (nSPS) is 16.1. The lowest BCUT2D eigenvalue weighted by Gasteiger charge is -2.25. The Hall–Kier alpha value is -3.67. The molecule has 5 rings (SSSR count). The first kappa shape index (κ1) is 20.2. The number of Topliss-reactive ketones (excluding diaryl/α,β-unsaturated/α-hetero) is 1. The topological polar surface area (TPSA) is 94.5 Å². The Labute approximate surface area is 194 Å². The van der Waals surface area contributed by atoms with Gasteiger partial charge < -0.3 is 9.52 Å². The molecule has 0 fully saturated rings. The Morgan fingerprint density at radius 1 is 1.16 bits per heavy atom. The molecule has 1 aliphatic heterocycles. The number of anilines is 1. The fourth-order valence-corrected chi connectivity index (χ4v) is 4.98. The second kappa shape index (κ2) is 7.79. The van der Waals surface area contributed by atoms with Crippen molar-refractivity contribution in [2.75, 3.05) is 4.90 Å². The number of hydrogen-bond acceptors (Lipinski definition) is 6. The summed E-state index contributed by atoms with van der Waals surface area (Å²) in [6, 6.07) is 18.2. The number of fused-ring (bicyclic) bond motifs is 1. The molecule has 1 amide bonds. The summed E-state index contributed by atoms with van der Waals surface area (Å²) < 4.78 is 6.58. The Bertz CT molecular complexity index is 1450. The van der Waals surface area contributed by atoms with Gasteiger partial charge in [-0.15, -0.1) is 11.3 Å². The van der Waals surface area contributed by atoms with E-state index in [4.69, 9.17) is 9.68 Å². The van der Waals surface area contributed by atoms with Crippen LogP contribution in [0, 0.1) is 11.3 Å². The average Bonchev–Trinajstić information content (AvgIpc) is 3.52. The summed E-state index contributed by atoms with van der Waals surface area (Å²) in [6.07, 6.45) is 0. The minimum absolute atomic E-state index is 0.0377. The summed E-state index contributed by atoms with van der Waals surface area (Å²) >= 11 is 4.77. The first-order valence-electron chi connectivity index (χ1n) is 9.52. The van der Waals surface area contributed by atoms with E-state index in [1.807, 2.05) is 23.6 Å². The predicted octanol–water partition coefficient (Wildman–Crippen LogP) is 5.91. The number of aliphatic hydroxyl groups is 1. The van der Waals surface area contributed by atoms with Crippen LogP contribution in [0.1, 0.15) is 27.0 Å². The molecule has 0 spiro atoms. The molecule has 0 radical (unpaired) electrons. The molecule has 8 heteroatoms. The van der Waals surface area contributed by atoms with Crippen LogP contribution in [0.25, 0.3) is 11.0 Å². The van der Waals surface area contributed by atoms with Crippen molar-refractivity contribution in [3.05, 3.63) is 98.0 Å². The highest BCUT2D eigenvalue weighted by Crippen LogP contribution is 2.43. The number of halogens is 1. The molecule has 0 aliphatic carbocycles. The monoisotopic (exact) mass is 504 g/mol. The molecule has 32 heavy (non-hydrogen) atoms. The third-order valence-corrected chi connectivity index (χ3v) is 6.66. The fourth-order valence-electron chi connectivity index (χ4n) is 3.77. The van der Waals surface area contributed by atoms with Gasteiger partial charge in [0, 0.05) is 20.4 Å². The van der Waals surface area contributed by atoms with E-state index in [9.17, 15) is 14.7 Å². The van der Waals surface area contributed by atoms with Crippen LogP contribution in [0.15, 0.2) is 86.3 Å². The zero-order chi connectivity index (χ0) is 22.4. The van der Waals surface area contributed by atoms with Gasteiger partial charge in [-0.1, -0.05) is 22.0 Å². The van der Waals surface area contributed by atoms with Crippen LogP contribution < -0.4 is 4.90 Å².